The van der Waals surface area contributed by atoms with Crippen molar-refractivity contribution in [2.75, 3.05) is 20.2 Å². The summed E-state index contributed by atoms with van der Waals surface area (Å²) in [6.07, 6.45) is 8.31. The quantitative estimate of drug-likeness (QED) is 0.624. The van der Waals surface area contributed by atoms with Crippen LogP contribution in [0.2, 0.25) is 0 Å². The molecule has 88 valence electrons. The first-order valence-corrected chi connectivity index (χ1v) is 6.39. The maximum absolute atomic E-state index is 5.45. The highest BCUT2D eigenvalue weighted by Crippen LogP contribution is 2.21. The molecule has 0 saturated heterocycles. The van der Waals surface area contributed by atoms with Gasteiger partial charge in [-0.2, -0.15) is 0 Å². The van der Waals surface area contributed by atoms with Gasteiger partial charge in [-0.25, -0.2) is 0 Å². The molecular weight excluding hydrogens is 188 g/mol. The van der Waals surface area contributed by atoms with E-state index in [4.69, 9.17) is 4.74 Å². The molecule has 0 aromatic heterocycles. The van der Waals surface area contributed by atoms with E-state index in [0.29, 0.717) is 12.1 Å². The van der Waals surface area contributed by atoms with E-state index < -0.39 is 0 Å². The van der Waals surface area contributed by atoms with Crippen LogP contribution in [-0.2, 0) is 4.74 Å². The summed E-state index contributed by atoms with van der Waals surface area (Å²) >= 11 is 0. The second-order valence-electron chi connectivity index (χ2n) is 4.85. The first-order chi connectivity index (χ1) is 7.40. The highest BCUT2D eigenvalue weighted by atomic mass is 16.5. The van der Waals surface area contributed by atoms with Gasteiger partial charge in [0.2, 0.25) is 0 Å². The minimum Gasteiger partial charge on any atom is -0.380 e. The van der Waals surface area contributed by atoms with Crippen molar-refractivity contribution in [1.29, 1.82) is 0 Å². The Morgan fingerprint density at radius 1 is 1.07 bits per heavy atom. The van der Waals surface area contributed by atoms with Gasteiger partial charge in [-0.1, -0.05) is 0 Å². The van der Waals surface area contributed by atoms with Crippen LogP contribution < -0.4 is 10.6 Å². The Labute approximate surface area is 93.0 Å². The van der Waals surface area contributed by atoms with Crippen LogP contribution in [0.5, 0.6) is 0 Å². The molecule has 0 spiro atoms. The van der Waals surface area contributed by atoms with Crippen LogP contribution in [0.4, 0.5) is 0 Å². The van der Waals surface area contributed by atoms with Crippen molar-refractivity contribution in [3.8, 4) is 0 Å². The molecule has 0 aromatic rings. The predicted molar refractivity (Wildman–Crippen MR) is 62.1 cm³/mol. The Morgan fingerprint density at radius 3 is 2.60 bits per heavy atom. The highest BCUT2D eigenvalue weighted by molar-refractivity contribution is 4.84. The van der Waals surface area contributed by atoms with E-state index in [2.05, 4.69) is 10.6 Å². The Kier molecular flexibility index (Phi) is 4.42. The third-order valence-corrected chi connectivity index (χ3v) is 3.53. The molecule has 2 aliphatic carbocycles. The molecule has 2 aliphatic rings. The van der Waals surface area contributed by atoms with Gasteiger partial charge in [0.1, 0.15) is 0 Å². The van der Waals surface area contributed by atoms with E-state index in [-0.39, 0.29) is 0 Å². The average molecular weight is 212 g/mol. The number of hydrogen-bond donors (Lipinski definition) is 2. The topological polar surface area (TPSA) is 33.3 Å². The Balaban J connectivity index is 1.48. The molecule has 3 nitrogen and oxygen atoms in total. The van der Waals surface area contributed by atoms with Crippen molar-refractivity contribution in [1.82, 2.24) is 10.6 Å². The van der Waals surface area contributed by atoms with Crippen molar-refractivity contribution >= 4 is 0 Å². The lowest BCUT2D eigenvalue weighted by Gasteiger charge is -2.19. The van der Waals surface area contributed by atoms with Gasteiger partial charge in [0.05, 0.1) is 6.10 Å². The van der Waals surface area contributed by atoms with E-state index in [0.717, 1.165) is 12.6 Å². The van der Waals surface area contributed by atoms with E-state index >= 15 is 0 Å². The van der Waals surface area contributed by atoms with Crippen molar-refractivity contribution in [2.24, 2.45) is 0 Å². The maximum atomic E-state index is 5.45. The fraction of sp³-hybridized carbons (Fsp3) is 1.00. The van der Waals surface area contributed by atoms with Gasteiger partial charge in [-0.05, 0) is 51.6 Å². The van der Waals surface area contributed by atoms with Crippen LogP contribution in [0.1, 0.15) is 38.5 Å². The fourth-order valence-electron chi connectivity index (χ4n) is 2.41. The Bertz CT molecular complexity index is 182. The second-order valence-corrected chi connectivity index (χ2v) is 4.85. The zero-order chi connectivity index (χ0) is 10.5. The summed E-state index contributed by atoms with van der Waals surface area (Å²) in [7, 11) is 1.83. The van der Waals surface area contributed by atoms with Crippen molar-refractivity contribution in [2.45, 2.75) is 56.7 Å². The minimum atomic E-state index is 0.460. The van der Waals surface area contributed by atoms with Gasteiger partial charge in [-0.3, -0.25) is 0 Å². The maximum Gasteiger partial charge on any atom is 0.0724 e. The average Bonchev–Trinajstić information content (AvgIpc) is 2.96. The number of methoxy groups -OCH3 is 1. The summed E-state index contributed by atoms with van der Waals surface area (Å²) in [6, 6.07) is 1.46. The zero-order valence-corrected chi connectivity index (χ0v) is 9.80. The smallest absolute Gasteiger partial charge is 0.0724 e. The summed E-state index contributed by atoms with van der Waals surface area (Å²) in [5, 5.41) is 7.15. The molecule has 0 amide bonds. The third-order valence-electron chi connectivity index (χ3n) is 3.53. The lowest BCUT2D eigenvalue weighted by molar-refractivity contribution is 0.0852. The van der Waals surface area contributed by atoms with E-state index in [1.807, 2.05) is 7.11 Å². The normalized spacial score (nSPS) is 31.0. The van der Waals surface area contributed by atoms with E-state index in [1.54, 1.807) is 0 Å². The number of hydrogen-bond acceptors (Lipinski definition) is 3. The van der Waals surface area contributed by atoms with Gasteiger partial charge < -0.3 is 15.4 Å². The molecule has 2 N–H and O–H groups in total. The van der Waals surface area contributed by atoms with Crippen LogP contribution in [0, 0.1) is 0 Å². The number of nitrogens with one attached hydrogen (secondary N) is 2. The second kappa shape index (κ2) is 5.83. The predicted octanol–water partition coefficient (Wildman–Crippen LogP) is 1.29. The fourth-order valence-corrected chi connectivity index (χ4v) is 2.41. The van der Waals surface area contributed by atoms with Gasteiger partial charge in [-0.15, -0.1) is 0 Å². The summed E-state index contributed by atoms with van der Waals surface area (Å²) in [5.74, 6) is 0. The molecule has 0 aliphatic heterocycles. The lowest BCUT2D eigenvalue weighted by Crippen LogP contribution is -2.38. The van der Waals surface area contributed by atoms with Crippen LogP contribution in [0.15, 0.2) is 0 Å². The molecule has 2 fully saturated rings. The van der Waals surface area contributed by atoms with Crippen molar-refractivity contribution in [3.05, 3.63) is 0 Å². The molecule has 0 bridgehead atoms. The Morgan fingerprint density at radius 2 is 1.87 bits per heavy atom. The monoisotopic (exact) mass is 212 g/mol. The molecule has 0 heterocycles. The largest absolute Gasteiger partial charge is 0.380 e. The third kappa shape index (κ3) is 3.74. The molecule has 3 heteroatoms. The van der Waals surface area contributed by atoms with Gasteiger partial charge in [0.25, 0.3) is 0 Å². The summed E-state index contributed by atoms with van der Waals surface area (Å²) in [6.45, 7) is 2.30. The van der Waals surface area contributed by atoms with Gasteiger partial charge >= 0.3 is 0 Å². The highest BCUT2D eigenvalue weighted by Gasteiger charge is 2.26. The van der Waals surface area contributed by atoms with Gasteiger partial charge in [0, 0.05) is 19.2 Å². The van der Waals surface area contributed by atoms with E-state index in [9.17, 15) is 0 Å². The van der Waals surface area contributed by atoms with Crippen LogP contribution in [-0.4, -0.2) is 38.4 Å². The summed E-state index contributed by atoms with van der Waals surface area (Å²) in [5.41, 5.74) is 0. The van der Waals surface area contributed by atoms with Crippen LogP contribution in [0.25, 0.3) is 0 Å². The minimum absolute atomic E-state index is 0.460. The number of rotatable bonds is 7. The molecule has 2 rings (SSSR count). The molecule has 15 heavy (non-hydrogen) atoms. The summed E-state index contributed by atoms with van der Waals surface area (Å²) in [4.78, 5) is 0. The van der Waals surface area contributed by atoms with E-state index in [1.165, 1.54) is 45.1 Å². The molecule has 0 radical (unpaired) electrons. The van der Waals surface area contributed by atoms with Crippen molar-refractivity contribution in [3.63, 3.8) is 0 Å². The van der Waals surface area contributed by atoms with Crippen LogP contribution >= 0.6 is 0 Å². The van der Waals surface area contributed by atoms with Crippen LogP contribution in [0.3, 0.4) is 0 Å². The Hall–Kier alpha value is -0.120. The molecular formula is C12H24N2O. The van der Waals surface area contributed by atoms with Gasteiger partial charge in [0.15, 0.2) is 0 Å². The molecule has 2 unspecified atom stereocenters. The SMILES string of the molecule is COC1CCCC1NCCCNC1CC1. The molecule has 2 saturated carbocycles. The first kappa shape index (κ1) is 11.4. The molecule has 0 aromatic carbocycles. The number of ether oxygens (including phenoxy) is 1. The molecule has 2 atom stereocenters. The lowest BCUT2D eigenvalue weighted by atomic mass is 10.2. The summed E-state index contributed by atoms with van der Waals surface area (Å²) < 4.78 is 5.45. The standard InChI is InChI=1S/C12H24N2O/c1-15-12-5-2-4-11(12)14-9-3-8-13-10-6-7-10/h10-14H,2-9H2,1H3. The zero-order valence-electron chi connectivity index (χ0n) is 9.80. The van der Waals surface area contributed by atoms with Crippen molar-refractivity contribution < 1.29 is 4.74 Å². The first-order valence-electron chi connectivity index (χ1n) is 6.39.